The van der Waals surface area contributed by atoms with Crippen LogP contribution in [0.15, 0.2) is 42.9 Å². The van der Waals surface area contributed by atoms with Crippen molar-refractivity contribution in [2.75, 3.05) is 0 Å². The van der Waals surface area contributed by atoms with Crippen molar-refractivity contribution < 1.29 is 0 Å². The van der Waals surface area contributed by atoms with Gasteiger partial charge in [0.25, 0.3) is 0 Å². The molecule has 0 saturated carbocycles. The maximum absolute atomic E-state index is 8.40. The molecular formula is C13H11N3. The van der Waals surface area contributed by atoms with Crippen LogP contribution in [-0.4, -0.2) is 9.97 Å². The van der Waals surface area contributed by atoms with E-state index >= 15 is 0 Å². The molecule has 2 aromatic rings. The molecule has 0 aliphatic carbocycles. The highest BCUT2D eigenvalue weighted by Crippen LogP contribution is 2.16. The van der Waals surface area contributed by atoms with Crippen molar-refractivity contribution >= 4 is 6.08 Å². The molecule has 1 aromatic heterocycles. The molecule has 0 atom stereocenters. The fraction of sp³-hybridized carbons (Fsp3) is 0.0769. The van der Waals surface area contributed by atoms with E-state index in [0.717, 1.165) is 16.8 Å². The molecule has 0 radical (unpaired) electrons. The standard InChI is InChI=1S/C13H11N3/c14-8-2-1-3-11-4-6-12(7-5-11)13-9-15-10-16-13/h1,3-7,9-10H,2H2,(H,15,16). The lowest BCUT2D eigenvalue weighted by Crippen LogP contribution is -1.77. The number of nitriles is 1. The molecule has 0 fully saturated rings. The van der Waals surface area contributed by atoms with Crippen LogP contribution >= 0.6 is 0 Å². The number of hydrogen-bond acceptors (Lipinski definition) is 2. The number of nitrogens with one attached hydrogen (secondary N) is 1. The van der Waals surface area contributed by atoms with Crippen molar-refractivity contribution in [2.45, 2.75) is 6.42 Å². The van der Waals surface area contributed by atoms with Gasteiger partial charge in [-0.3, -0.25) is 0 Å². The van der Waals surface area contributed by atoms with Crippen molar-refractivity contribution in [3.8, 4) is 17.3 Å². The van der Waals surface area contributed by atoms with Gasteiger partial charge in [-0.25, -0.2) is 4.98 Å². The molecule has 0 amide bonds. The van der Waals surface area contributed by atoms with E-state index in [0.29, 0.717) is 6.42 Å². The van der Waals surface area contributed by atoms with Crippen molar-refractivity contribution in [3.63, 3.8) is 0 Å². The molecule has 0 bridgehead atoms. The van der Waals surface area contributed by atoms with E-state index in [9.17, 15) is 0 Å². The first-order valence-electron chi connectivity index (χ1n) is 5.02. The van der Waals surface area contributed by atoms with Gasteiger partial charge in [-0.15, -0.1) is 0 Å². The van der Waals surface area contributed by atoms with Gasteiger partial charge in [0.05, 0.1) is 30.7 Å². The van der Waals surface area contributed by atoms with Crippen LogP contribution in [0.5, 0.6) is 0 Å². The number of hydrogen-bond donors (Lipinski definition) is 1. The van der Waals surface area contributed by atoms with Crippen molar-refractivity contribution in [1.29, 1.82) is 5.26 Å². The minimum absolute atomic E-state index is 0.447. The number of rotatable bonds is 3. The molecule has 1 N–H and O–H groups in total. The third-order valence-corrected chi connectivity index (χ3v) is 2.24. The monoisotopic (exact) mass is 209 g/mol. The van der Waals surface area contributed by atoms with Gasteiger partial charge in [-0.05, 0) is 11.1 Å². The van der Waals surface area contributed by atoms with E-state index in [4.69, 9.17) is 5.26 Å². The lowest BCUT2D eigenvalue weighted by atomic mass is 10.1. The van der Waals surface area contributed by atoms with E-state index < -0.39 is 0 Å². The molecule has 1 heterocycles. The topological polar surface area (TPSA) is 52.5 Å². The fourth-order valence-corrected chi connectivity index (χ4v) is 1.44. The van der Waals surface area contributed by atoms with Gasteiger partial charge in [-0.2, -0.15) is 5.26 Å². The lowest BCUT2D eigenvalue weighted by Gasteiger charge is -1.98. The van der Waals surface area contributed by atoms with Crippen LogP contribution in [0.1, 0.15) is 12.0 Å². The first kappa shape index (κ1) is 10.2. The number of benzene rings is 1. The van der Waals surface area contributed by atoms with Crippen molar-refractivity contribution in [3.05, 3.63) is 48.4 Å². The second-order valence-corrected chi connectivity index (χ2v) is 3.35. The van der Waals surface area contributed by atoms with Crippen molar-refractivity contribution in [1.82, 2.24) is 9.97 Å². The summed E-state index contributed by atoms with van der Waals surface area (Å²) in [5.74, 6) is 0. The number of imidazole rings is 1. The summed E-state index contributed by atoms with van der Waals surface area (Å²) in [6.07, 6.45) is 7.70. The number of allylic oxidation sites excluding steroid dienone is 1. The Labute approximate surface area is 94.1 Å². The van der Waals surface area contributed by atoms with Crippen LogP contribution < -0.4 is 0 Å². The predicted octanol–water partition coefficient (Wildman–Crippen LogP) is 3.00. The average molecular weight is 209 g/mol. The Morgan fingerprint density at radius 1 is 1.31 bits per heavy atom. The molecule has 2 rings (SSSR count). The van der Waals surface area contributed by atoms with E-state index in [1.54, 1.807) is 12.5 Å². The molecular weight excluding hydrogens is 198 g/mol. The molecule has 78 valence electrons. The maximum atomic E-state index is 8.40. The predicted molar refractivity (Wildman–Crippen MR) is 63.3 cm³/mol. The molecule has 0 spiro atoms. The number of nitrogens with zero attached hydrogens (tertiary/aromatic N) is 2. The average Bonchev–Trinajstić information content (AvgIpc) is 2.84. The van der Waals surface area contributed by atoms with E-state index in [1.165, 1.54) is 0 Å². The highest BCUT2D eigenvalue weighted by Gasteiger charge is 1.96. The summed E-state index contributed by atoms with van der Waals surface area (Å²) in [6.45, 7) is 0. The maximum Gasteiger partial charge on any atom is 0.0924 e. The Kier molecular flexibility index (Phi) is 3.15. The number of aromatic nitrogens is 2. The lowest BCUT2D eigenvalue weighted by molar-refractivity contribution is 1.31. The van der Waals surface area contributed by atoms with Crippen LogP contribution in [0.2, 0.25) is 0 Å². The summed E-state index contributed by atoms with van der Waals surface area (Å²) in [7, 11) is 0. The zero-order valence-corrected chi connectivity index (χ0v) is 8.72. The zero-order valence-electron chi connectivity index (χ0n) is 8.72. The molecule has 0 aliphatic heterocycles. The third-order valence-electron chi connectivity index (χ3n) is 2.24. The minimum atomic E-state index is 0.447. The SMILES string of the molecule is N#CCC=Cc1ccc(-c2cnc[nH]2)cc1. The van der Waals surface area contributed by atoms with Gasteiger partial charge in [0, 0.05) is 0 Å². The molecule has 0 saturated heterocycles. The van der Waals surface area contributed by atoms with Crippen molar-refractivity contribution in [2.24, 2.45) is 0 Å². The third kappa shape index (κ3) is 2.37. The molecule has 16 heavy (non-hydrogen) atoms. The quantitative estimate of drug-likeness (QED) is 0.844. The molecule has 0 unspecified atom stereocenters. The summed E-state index contributed by atoms with van der Waals surface area (Å²) in [5.41, 5.74) is 3.21. The molecule has 1 aromatic carbocycles. The second-order valence-electron chi connectivity index (χ2n) is 3.35. The first-order chi connectivity index (χ1) is 7.90. The second kappa shape index (κ2) is 4.94. The van der Waals surface area contributed by atoms with E-state index in [-0.39, 0.29) is 0 Å². The molecule has 0 aliphatic rings. The van der Waals surface area contributed by atoms with Gasteiger partial charge in [0.1, 0.15) is 0 Å². The van der Waals surface area contributed by atoms with Gasteiger partial charge in [0.2, 0.25) is 0 Å². The number of aromatic amines is 1. The molecule has 3 nitrogen and oxygen atoms in total. The highest BCUT2D eigenvalue weighted by molar-refractivity contribution is 5.61. The Morgan fingerprint density at radius 3 is 2.75 bits per heavy atom. The Hall–Kier alpha value is -2.34. The van der Waals surface area contributed by atoms with Gasteiger partial charge in [-0.1, -0.05) is 36.4 Å². The van der Waals surface area contributed by atoms with Crippen LogP contribution in [0, 0.1) is 11.3 Å². The zero-order chi connectivity index (χ0) is 11.2. The summed E-state index contributed by atoms with van der Waals surface area (Å²) in [4.78, 5) is 7.03. The summed E-state index contributed by atoms with van der Waals surface area (Å²) in [6, 6.07) is 10.2. The van der Waals surface area contributed by atoms with Gasteiger partial charge >= 0.3 is 0 Å². The summed E-state index contributed by atoms with van der Waals surface area (Å²) < 4.78 is 0. The Bertz CT molecular complexity index is 501. The Morgan fingerprint density at radius 2 is 2.12 bits per heavy atom. The smallest absolute Gasteiger partial charge is 0.0924 e. The van der Waals surface area contributed by atoms with E-state index in [2.05, 4.69) is 16.0 Å². The van der Waals surface area contributed by atoms with Crippen LogP contribution in [-0.2, 0) is 0 Å². The summed E-state index contributed by atoms with van der Waals surface area (Å²) in [5, 5.41) is 8.40. The normalized spacial score (nSPS) is 10.4. The number of H-pyrrole nitrogens is 1. The Balaban J connectivity index is 2.14. The highest BCUT2D eigenvalue weighted by atomic mass is 14.9. The van der Waals surface area contributed by atoms with Gasteiger partial charge < -0.3 is 4.98 Å². The van der Waals surface area contributed by atoms with E-state index in [1.807, 2.05) is 36.4 Å². The van der Waals surface area contributed by atoms with Crippen LogP contribution in [0.25, 0.3) is 17.3 Å². The largest absolute Gasteiger partial charge is 0.345 e. The minimum Gasteiger partial charge on any atom is -0.345 e. The summed E-state index contributed by atoms with van der Waals surface area (Å²) >= 11 is 0. The fourth-order valence-electron chi connectivity index (χ4n) is 1.44. The van der Waals surface area contributed by atoms with Crippen LogP contribution in [0.4, 0.5) is 0 Å². The molecule has 3 heteroatoms. The van der Waals surface area contributed by atoms with Gasteiger partial charge in [0.15, 0.2) is 0 Å². The van der Waals surface area contributed by atoms with Crippen LogP contribution in [0.3, 0.4) is 0 Å². The first-order valence-corrected chi connectivity index (χ1v) is 5.02.